The van der Waals surface area contributed by atoms with E-state index in [1.54, 1.807) is 41.0 Å². The quantitative estimate of drug-likeness (QED) is 0.561. The van der Waals surface area contributed by atoms with E-state index in [4.69, 9.17) is 9.47 Å². The molecule has 11 heteroatoms. The first-order valence-corrected chi connectivity index (χ1v) is 12.6. The van der Waals surface area contributed by atoms with Gasteiger partial charge in [0.15, 0.2) is 11.5 Å². The molecule has 32 heavy (non-hydrogen) atoms. The van der Waals surface area contributed by atoms with Crippen molar-refractivity contribution in [1.82, 2.24) is 4.57 Å². The number of benzene rings is 2. The molecule has 3 aromatic rings. The number of ether oxygens (including phenoxy) is 2. The molecule has 0 saturated carbocycles. The minimum Gasteiger partial charge on any atom is -0.486 e. The van der Waals surface area contributed by atoms with Crippen LogP contribution in [0.5, 0.6) is 11.5 Å². The number of nitrogens with zero attached hydrogens (tertiary/aromatic N) is 2. The fourth-order valence-electron chi connectivity index (χ4n) is 3.47. The third kappa shape index (κ3) is 4.30. The van der Waals surface area contributed by atoms with Crippen LogP contribution in [0, 0.1) is 0 Å². The Bertz CT molecular complexity index is 1330. The Labute approximate surface area is 189 Å². The van der Waals surface area contributed by atoms with Gasteiger partial charge in [0.2, 0.25) is 15.9 Å². The molecule has 2 heterocycles. The molecular weight excluding hydrogens is 454 g/mol. The number of aryl methyl sites for hydroxylation is 1. The van der Waals surface area contributed by atoms with Crippen LogP contribution in [-0.4, -0.2) is 44.4 Å². The fourth-order valence-corrected chi connectivity index (χ4v) is 5.52. The Kier molecular flexibility index (Phi) is 6.11. The highest BCUT2D eigenvalue weighted by atomic mass is 32.2. The zero-order valence-electron chi connectivity index (χ0n) is 17.7. The number of carbonyl (C=O) groups excluding carboxylic acids is 1. The first kappa shape index (κ1) is 22.2. The van der Waals surface area contributed by atoms with Crippen molar-refractivity contribution in [3.05, 3.63) is 46.1 Å². The molecule has 0 unspecified atom stereocenters. The van der Waals surface area contributed by atoms with E-state index in [2.05, 4.69) is 5.32 Å². The second-order valence-electron chi connectivity index (χ2n) is 7.08. The maximum absolute atomic E-state index is 12.8. The molecule has 1 aliphatic rings. The van der Waals surface area contributed by atoms with Gasteiger partial charge in [-0.15, -0.1) is 0 Å². The monoisotopic (exact) mass is 477 g/mol. The summed E-state index contributed by atoms with van der Waals surface area (Å²) in [5.74, 6) is 0.300. The van der Waals surface area contributed by atoms with Crippen molar-refractivity contribution in [1.29, 1.82) is 0 Å². The van der Waals surface area contributed by atoms with Gasteiger partial charge in [0, 0.05) is 18.3 Å². The summed E-state index contributed by atoms with van der Waals surface area (Å²) >= 11 is 1.10. The van der Waals surface area contributed by atoms with Gasteiger partial charge in [0.05, 0.1) is 21.7 Å². The van der Waals surface area contributed by atoms with E-state index in [-0.39, 0.29) is 10.6 Å². The molecule has 0 bridgehead atoms. The molecule has 0 aliphatic carbocycles. The Morgan fingerprint density at radius 1 is 1.12 bits per heavy atom. The van der Waals surface area contributed by atoms with Crippen LogP contribution in [0.1, 0.15) is 13.8 Å². The molecule has 4 rings (SSSR count). The maximum atomic E-state index is 12.8. The van der Waals surface area contributed by atoms with Gasteiger partial charge >= 0.3 is 4.87 Å². The zero-order chi connectivity index (χ0) is 22.9. The lowest BCUT2D eigenvalue weighted by molar-refractivity contribution is -0.114. The molecular formula is C21H23N3O6S2. The molecule has 1 aromatic heterocycles. The van der Waals surface area contributed by atoms with E-state index in [1.165, 1.54) is 6.92 Å². The van der Waals surface area contributed by atoms with Crippen molar-refractivity contribution in [2.24, 2.45) is 0 Å². The van der Waals surface area contributed by atoms with E-state index in [0.717, 1.165) is 25.9 Å². The Morgan fingerprint density at radius 2 is 1.88 bits per heavy atom. The standard InChI is InChI=1S/C21H23N3O6S2/c1-3-23-16-7-5-14(11-19(16)31-21(23)26)22-20(25)13-24(32(27,28)4-2)15-6-8-17-18(12-15)30-10-9-29-17/h5-8,11-12H,3-4,9-10,13H2,1-2H3,(H,22,25). The minimum atomic E-state index is -3.73. The van der Waals surface area contributed by atoms with Gasteiger partial charge in [-0.3, -0.25) is 18.5 Å². The van der Waals surface area contributed by atoms with Crippen LogP contribution in [0.3, 0.4) is 0 Å². The molecule has 1 amide bonds. The van der Waals surface area contributed by atoms with Crippen LogP contribution in [0.2, 0.25) is 0 Å². The topological polar surface area (TPSA) is 107 Å². The SMILES string of the molecule is CCn1c(=O)sc2cc(NC(=O)CN(c3ccc4c(c3)OCCO4)S(=O)(=O)CC)ccc21. The predicted molar refractivity (Wildman–Crippen MR) is 125 cm³/mol. The molecule has 0 fully saturated rings. The molecule has 0 radical (unpaired) electrons. The number of nitrogens with one attached hydrogen (secondary N) is 1. The highest BCUT2D eigenvalue weighted by molar-refractivity contribution is 7.92. The lowest BCUT2D eigenvalue weighted by atomic mass is 10.2. The maximum Gasteiger partial charge on any atom is 0.308 e. The second-order valence-corrected chi connectivity index (χ2v) is 10.3. The van der Waals surface area contributed by atoms with Gasteiger partial charge in [-0.05, 0) is 44.2 Å². The van der Waals surface area contributed by atoms with Crippen molar-refractivity contribution in [3.63, 3.8) is 0 Å². The average molecular weight is 478 g/mol. The minimum absolute atomic E-state index is 0.0650. The van der Waals surface area contributed by atoms with Crippen molar-refractivity contribution in [2.75, 3.05) is 35.1 Å². The smallest absolute Gasteiger partial charge is 0.308 e. The Hall–Kier alpha value is -3.05. The number of amides is 1. The van der Waals surface area contributed by atoms with Crippen LogP contribution in [0.15, 0.2) is 41.2 Å². The summed E-state index contributed by atoms with van der Waals surface area (Å²) in [5, 5.41) is 2.73. The lowest BCUT2D eigenvalue weighted by Crippen LogP contribution is -2.39. The molecule has 0 saturated heterocycles. The number of thiazole rings is 1. The third-order valence-electron chi connectivity index (χ3n) is 5.07. The lowest BCUT2D eigenvalue weighted by Gasteiger charge is -2.25. The molecule has 9 nitrogen and oxygen atoms in total. The number of hydrogen-bond acceptors (Lipinski definition) is 7. The van der Waals surface area contributed by atoms with Crippen LogP contribution in [-0.2, 0) is 21.4 Å². The Balaban J connectivity index is 1.58. The van der Waals surface area contributed by atoms with Gasteiger partial charge in [0.1, 0.15) is 19.8 Å². The van der Waals surface area contributed by atoms with Crippen LogP contribution in [0.4, 0.5) is 11.4 Å². The molecule has 1 N–H and O–H groups in total. The predicted octanol–water partition coefficient (Wildman–Crippen LogP) is 2.65. The first-order valence-electron chi connectivity index (χ1n) is 10.2. The summed E-state index contributed by atoms with van der Waals surface area (Å²) in [7, 11) is -3.73. The molecule has 2 aromatic carbocycles. The van der Waals surface area contributed by atoms with E-state index < -0.39 is 22.5 Å². The second kappa shape index (κ2) is 8.83. The highest BCUT2D eigenvalue weighted by Gasteiger charge is 2.25. The van der Waals surface area contributed by atoms with Crippen molar-refractivity contribution < 1.29 is 22.7 Å². The Morgan fingerprint density at radius 3 is 2.59 bits per heavy atom. The van der Waals surface area contributed by atoms with Gasteiger partial charge in [-0.25, -0.2) is 8.42 Å². The zero-order valence-corrected chi connectivity index (χ0v) is 19.3. The number of rotatable bonds is 7. The highest BCUT2D eigenvalue weighted by Crippen LogP contribution is 2.35. The summed E-state index contributed by atoms with van der Waals surface area (Å²) in [6, 6.07) is 9.97. The molecule has 1 aliphatic heterocycles. The van der Waals surface area contributed by atoms with Gasteiger partial charge < -0.3 is 14.8 Å². The van der Waals surface area contributed by atoms with Gasteiger partial charge in [-0.1, -0.05) is 11.3 Å². The summed E-state index contributed by atoms with van der Waals surface area (Å²) in [5.41, 5.74) is 1.61. The number of fused-ring (bicyclic) bond motifs is 2. The van der Waals surface area contributed by atoms with E-state index >= 15 is 0 Å². The molecule has 0 spiro atoms. The summed E-state index contributed by atoms with van der Waals surface area (Å²) in [6.07, 6.45) is 0. The molecule has 170 valence electrons. The van der Waals surface area contributed by atoms with Crippen LogP contribution >= 0.6 is 11.3 Å². The summed E-state index contributed by atoms with van der Waals surface area (Å²) in [6.45, 7) is 4.36. The molecule has 0 atom stereocenters. The van der Waals surface area contributed by atoms with Crippen molar-refractivity contribution >= 4 is 48.9 Å². The first-order chi connectivity index (χ1) is 15.3. The summed E-state index contributed by atoms with van der Waals surface area (Å²) < 4.78 is 40.0. The summed E-state index contributed by atoms with van der Waals surface area (Å²) in [4.78, 5) is 24.8. The van der Waals surface area contributed by atoms with E-state index in [0.29, 0.717) is 42.6 Å². The largest absolute Gasteiger partial charge is 0.486 e. The van der Waals surface area contributed by atoms with E-state index in [9.17, 15) is 18.0 Å². The normalized spacial score (nSPS) is 13.2. The number of sulfonamides is 1. The van der Waals surface area contributed by atoms with Crippen molar-refractivity contribution in [3.8, 4) is 11.5 Å². The fraction of sp³-hybridized carbons (Fsp3) is 0.333. The van der Waals surface area contributed by atoms with Crippen LogP contribution < -0.4 is 24.0 Å². The number of carbonyl (C=O) groups is 1. The third-order valence-corrected chi connectivity index (χ3v) is 7.75. The van der Waals surface area contributed by atoms with Gasteiger partial charge in [0.25, 0.3) is 0 Å². The number of aromatic nitrogens is 1. The van der Waals surface area contributed by atoms with Gasteiger partial charge in [-0.2, -0.15) is 0 Å². The van der Waals surface area contributed by atoms with E-state index in [1.807, 2.05) is 6.92 Å². The number of hydrogen-bond donors (Lipinski definition) is 1. The number of anilines is 2. The average Bonchev–Trinajstić information content (AvgIpc) is 3.11. The van der Waals surface area contributed by atoms with Crippen LogP contribution in [0.25, 0.3) is 10.2 Å². The van der Waals surface area contributed by atoms with Crippen molar-refractivity contribution in [2.45, 2.75) is 20.4 Å².